The second-order valence-corrected chi connectivity index (χ2v) is 3.76. The zero-order valence-electron chi connectivity index (χ0n) is 9.59. The zero-order valence-corrected chi connectivity index (χ0v) is 9.59. The molecule has 0 aliphatic carbocycles. The summed E-state index contributed by atoms with van der Waals surface area (Å²) in [5.41, 5.74) is 7.03. The summed E-state index contributed by atoms with van der Waals surface area (Å²) < 4.78 is 10.3. The Balaban J connectivity index is 2.22. The van der Waals surface area contributed by atoms with Gasteiger partial charge >= 0.3 is 0 Å². The number of ether oxygens (including phenoxy) is 1. The van der Waals surface area contributed by atoms with E-state index in [1.807, 2.05) is 6.07 Å². The van der Waals surface area contributed by atoms with Crippen LogP contribution in [0.1, 0.15) is 17.4 Å². The number of methoxy groups -OCH3 is 1. The molecule has 0 saturated carbocycles. The summed E-state index contributed by atoms with van der Waals surface area (Å²) in [4.78, 5) is 0. The van der Waals surface area contributed by atoms with E-state index in [1.54, 1.807) is 37.6 Å². The normalized spacial score (nSPS) is 12.4. The lowest BCUT2D eigenvalue weighted by Gasteiger charge is -2.14. The van der Waals surface area contributed by atoms with Gasteiger partial charge in [0.05, 0.1) is 25.2 Å². The Kier molecular flexibility index (Phi) is 3.35. The van der Waals surface area contributed by atoms with Crippen LogP contribution in [-0.2, 0) is 6.42 Å². The first kappa shape index (κ1) is 11.5. The maximum Gasteiger partial charge on any atom is 0.142 e. The van der Waals surface area contributed by atoms with E-state index < -0.39 is 6.10 Å². The minimum absolute atomic E-state index is 0.393. The van der Waals surface area contributed by atoms with Crippen LogP contribution in [0.2, 0.25) is 0 Å². The van der Waals surface area contributed by atoms with Crippen molar-refractivity contribution in [1.29, 1.82) is 0 Å². The summed E-state index contributed by atoms with van der Waals surface area (Å²) in [5.74, 6) is 1.29. The number of rotatable bonds is 4. The Morgan fingerprint density at radius 2 is 2.18 bits per heavy atom. The molecule has 1 heterocycles. The fourth-order valence-corrected chi connectivity index (χ4v) is 1.76. The second kappa shape index (κ2) is 4.93. The quantitative estimate of drug-likeness (QED) is 0.794. The highest BCUT2D eigenvalue weighted by Gasteiger charge is 2.15. The molecule has 0 aliphatic heterocycles. The number of hydrogen-bond acceptors (Lipinski definition) is 4. The first-order valence-corrected chi connectivity index (χ1v) is 5.35. The molecule has 2 rings (SSSR count). The van der Waals surface area contributed by atoms with E-state index in [0.717, 1.165) is 5.76 Å². The Morgan fingerprint density at radius 1 is 1.35 bits per heavy atom. The van der Waals surface area contributed by atoms with Crippen molar-refractivity contribution in [2.24, 2.45) is 0 Å². The zero-order chi connectivity index (χ0) is 12.3. The lowest BCUT2D eigenvalue weighted by atomic mass is 10.0. The Hall–Kier alpha value is -1.94. The van der Waals surface area contributed by atoms with Crippen molar-refractivity contribution in [3.8, 4) is 5.75 Å². The van der Waals surface area contributed by atoms with Gasteiger partial charge in [-0.1, -0.05) is 12.1 Å². The van der Waals surface area contributed by atoms with E-state index >= 15 is 0 Å². The predicted octanol–water partition coefficient (Wildman–Crippen LogP) is 2.15. The number of aliphatic hydroxyl groups excluding tert-OH is 1. The van der Waals surface area contributed by atoms with Crippen LogP contribution < -0.4 is 10.5 Å². The van der Waals surface area contributed by atoms with E-state index in [4.69, 9.17) is 14.9 Å². The minimum atomic E-state index is -0.698. The molecular formula is C13H15NO3. The van der Waals surface area contributed by atoms with E-state index in [2.05, 4.69) is 0 Å². The summed E-state index contributed by atoms with van der Waals surface area (Å²) in [6.07, 6.45) is 1.28. The van der Waals surface area contributed by atoms with Crippen molar-refractivity contribution in [3.63, 3.8) is 0 Å². The van der Waals surface area contributed by atoms with Crippen molar-refractivity contribution in [2.45, 2.75) is 12.5 Å². The molecule has 0 fully saturated rings. The molecule has 0 aliphatic rings. The van der Waals surface area contributed by atoms with Gasteiger partial charge in [-0.2, -0.15) is 0 Å². The van der Waals surface area contributed by atoms with Crippen molar-refractivity contribution < 1.29 is 14.3 Å². The van der Waals surface area contributed by atoms with Crippen LogP contribution in [0.25, 0.3) is 0 Å². The standard InChI is InChI=1S/C13H15NO3/c1-16-12-6-2-5-10(13(12)14)11(15)8-9-4-3-7-17-9/h2-7,11,15H,8,14H2,1H3. The number of para-hydroxylation sites is 1. The third-order valence-corrected chi connectivity index (χ3v) is 2.65. The molecule has 0 amide bonds. The van der Waals surface area contributed by atoms with Crippen LogP contribution in [-0.4, -0.2) is 12.2 Å². The van der Waals surface area contributed by atoms with Crippen LogP contribution in [0.15, 0.2) is 41.0 Å². The van der Waals surface area contributed by atoms with E-state index in [1.165, 1.54) is 0 Å². The molecule has 0 spiro atoms. The number of aliphatic hydroxyl groups is 1. The van der Waals surface area contributed by atoms with Gasteiger partial charge in [-0.15, -0.1) is 0 Å². The SMILES string of the molecule is COc1cccc(C(O)Cc2ccco2)c1N. The largest absolute Gasteiger partial charge is 0.495 e. The molecule has 1 atom stereocenters. The van der Waals surface area contributed by atoms with Gasteiger partial charge < -0.3 is 20.0 Å². The molecular weight excluding hydrogens is 218 g/mol. The van der Waals surface area contributed by atoms with Crippen molar-refractivity contribution in [2.75, 3.05) is 12.8 Å². The topological polar surface area (TPSA) is 68.6 Å². The minimum Gasteiger partial charge on any atom is -0.495 e. The highest BCUT2D eigenvalue weighted by atomic mass is 16.5. The average molecular weight is 233 g/mol. The summed E-state index contributed by atoms with van der Waals surface area (Å²) in [7, 11) is 1.55. The van der Waals surface area contributed by atoms with Gasteiger partial charge in [0.25, 0.3) is 0 Å². The number of nitrogen functional groups attached to an aromatic ring is 1. The average Bonchev–Trinajstić information content (AvgIpc) is 2.82. The Labute approximate surface area is 99.6 Å². The molecule has 3 N–H and O–H groups in total. The van der Waals surface area contributed by atoms with Crippen LogP contribution in [0, 0.1) is 0 Å². The van der Waals surface area contributed by atoms with Gasteiger partial charge in [0.1, 0.15) is 11.5 Å². The second-order valence-electron chi connectivity index (χ2n) is 3.76. The van der Waals surface area contributed by atoms with Gasteiger partial charge in [-0.3, -0.25) is 0 Å². The monoisotopic (exact) mass is 233 g/mol. The first-order chi connectivity index (χ1) is 8.22. The lowest BCUT2D eigenvalue weighted by Crippen LogP contribution is -2.06. The number of benzene rings is 1. The van der Waals surface area contributed by atoms with Gasteiger partial charge in [-0.05, 0) is 18.2 Å². The van der Waals surface area contributed by atoms with Gasteiger partial charge in [0.2, 0.25) is 0 Å². The lowest BCUT2D eigenvalue weighted by molar-refractivity contribution is 0.171. The molecule has 1 aromatic heterocycles. The fraction of sp³-hybridized carbons (Fsp3) is 0.231. The third kappa shape index (κ3) is 2.42. The van der Waals surface area contributed by atoms with Crippen LogP contribution in [0.4, 0.5) is 5.69 Å². The first-order valence-electron chi connectivity index (χ1n) is 5.35. The van der Waals surface area contributed by atoms with Gasteiger partial charge in [-0.25, -0.2) is 0 Å². The number of furan rings is 1. The molecule has 17 heavy (non-hydrogen) atoms. The highest BCUT2D eigenvalue weighted by Crippen LogP contribution is 2.30. The molecule has 0 radical (unpaired) electrons. The maximum absolute atomic E-state index is 10.1. The molecule has 2 aromatic rings. The molecule has 90 valence electrons. The van der Waals surface area contributed by atoms with Crippen LogP contribution in [0.5, 0.6) is 5.75 Å². The molecule has 4 nitrogen and oxygen atoms in total. The summed E-state index contributed by atoms with van der Waals surface area (Å²) >= 11 is 0. The number of nitrogens with two attached hydrogens (primary N) is 1. The third-order valence-electron chi connectivity index (χ3n) is 2.65. The molecule has 0 saturated heterocycles. The smallest absolute Gasteiger partial charge is 0.142 e. The van der Waals surface area contributed by atoms with Crippen molar-refractivity contribution >= 4 is 5.69 Å². The molecule has 1 unspecified atom stereocenters. The Morgan fingerprint density at radius 3 is 2.82 bits per heavy atom. The van der Waals surface area contributed by atoms with Crippen LogP contribution >= 0.6 is 0 Å². The fourth-order valence-electron chi connectivity index (χ4n) is 1.76. The van der Waals surface area contributed by atoms with E-state index in [0.29, 0.717) is 23.4 Å². The van der Waals surface area contributed by atoms with Gasteiger partial charge in [0.15, 0.2) is 0 Å². The summed E-state index contributed by atoms with van der Waals surface area (Å²) in [5, 5.41) is 10.1. The molecule has 0 bridgehead atoms. The Bertz CT molecular complexity index is 479. The van der Waals surface area contributed by atoms with Crippen molar-refractivity contribution in [1.82, 2.24) is 0 Å². The molecule has 4 heteroatoms. The number of anilines is 1. The van der Waals surface area contributed by atoms with E-state index in [-0.39, 0.29) is 0 Å². The maximum atomic E-state index is 10.1. The summed E-state index contributed by atoms with van der Waals surface area (Å²) in [6.45, 7) is 0. The summed E-state index contributed by atoms with van der Waals surface area (Å²) in [6, 6.07) is 8.95. The molecule has 1 aromatic carbocycles. The van der Waals surface area contributed by atoms with Crippen molar-refractivity contribution in [3.05, 3.63) is 47.9 Å². The van der Waals surface area contributed by atoms with Crippen LogP contribution in [0.3, 0.4) is 0 Å². The van der Waals surface area contributed by atoms with E-state index in [9.17, 15) is 5.11 Å². The highest BCUT2D eigenvalue weighted by molar-refractivity contribution is 5.59. The predicted molar refractivity (Wildman–Crippen MR) is 64.8 cm³/mol. The number of hydrogen-bond donors (Lipinski definition) is 2. The van der Waals surface area contributed by atoms with Gasteiger partial charge in [0, 0.05) is 12.0 Å².